The van der Waals surface area contributed by atoms with Crippen LogP contribution in [0.5, 0.6) is 0 Å². The molecule has 5 fully saturated rings. The predicted molar refractivity (Wildman–Crippen MR) is 135 cm³/mol. The molecule has 0 aromatic rings. The Kier molecular flexibility index (Phi) is 5.15. The number of allylic oxidation sites excluding steroid dienone is 1. The molecular weight excluding hydrogens is 406 g/mol. The van der Waals surface area contributed by atoms with Gasteiger partial charge in [0.1, 0.15) is 0 Å². The smallest absolute Gasteiger partial charge is 0.309 e. The van der Waals surface area contributed by atoms with Crippen molar-refractivity contribution in [1.29, 1.82) is 0 Å². The van der Waals surface area contributed by atoms with Gasteiger partial charge in [0, 0.05) is 6.04 Å². The molecule has 0 heterocycles. The maximum atomic E-state index is 12.8. The Morgan fingerprint density at radius 2 is 1.55 bits per heavy atom. The van der Waals surface area contributed by atoms with E-state index in [1.807, 2.05) is 0 Å². The summed E-state index contributed by atoms with van der Waals surface area (Å²) in [5.41, 5.74) is 8.45. The Bertz CT molecular complexity index is 863. The quantitative estimate of drug-likeness (QED) is 0.438. The zero-order valence-corrected chi connectivity index (χ0v) is 22.2. The minimum atomic E-state index is -0.524. The lowest BCUT2D eigenvalue weighted by Crippen LogP contribution is -2.67. The van der Waals surface area contributed by atoms with Crippen molar-refractivity contribution in [3.63, 3.8) is 0 Å². The molecule has 0 aromatic heterocycles. The van der Waals surface area contributed by atoms with Gasteiger partial charge in [-0.15, -0.1) is 0 Å². The average Bonchev–Trinajstić information content (AvgIpc) is 3.13. The highest BCUT2D eigenvalue weighted by molar-refractivity contribution is 5.76. The van der Waals surface area contributed by atoms with E-state index >= 15 is 0 Å². The van der Waals surface area contributed by atoms with Gasteiger partial charge in [-0.3, -0.25) is 4.79 Å². The first-order valence-corrected chi connectivity index (χ1v) is 13.9. The molecular formula is C30H49NO2. The first kappa shape index (κ1) is 23.9. The second-order valence-electron chi connectivity index (χ2n) is 14.6. The summed E-state index contributed by atoms with van der Waals surface area (Å²) in [7, 11) is 0. The molecule has 0 spiro atoms. The summed E-state index contributed by atoms with van der Waals surface area (Å²) in [5, 5.41) is 10.5. The van der Waals surface area contributed by atoms with E-state index in [1.165, 1.54) is 37.7 Å². The second kappa shape index (κ2) is 7.11. The van der Waals surface area contributed by atoms with Gasteiger partial charge in [-0.1, -0.05) is 46.8 Å². The van der Waals surface area contributed by atoms with Crippen molar-refractivity contribution in [2.24, 2.45) is 62.4 Å². The summed E-state index contributed by atoms with van der Waals surface area (Å²) >= 11 is 0. The molecule has 5 aliphatic carbocycles. The number of carboxylic acid groups (broad SMARTS) is 1. The van der Waals surface area contributed by atoms with Crippen LogP contribution in [0.4, 0.5) is 0 Å². The molecule has 0 saturated heterocycles. The Labute approximate surface area is 202 Å². The van der Waals surface area contributed by atoms with Gasteiger partial charge in [0.15, 0.2) is 0 Å². The summed E-state index contributed by atoms with van der Waals surface area (Å²) in [4.78, 5) is 12.8. The van der Waals surface area contributed by atoms with Crippen LogP contribution in [0.1, 0.15) is 106 Å². The zero-order chi connectivity index (χ0) is 24.2. The highest BCUT2D eigenvalue weighted by Gasteiger charge is 2.71. The van der Waals surface area contributed by atoms with Gasteiger partial charge in [-0.2, -0.15) is 0 Å². The zero-order valence-electron chi connectivity index (χ0n) is 22.2. The Hall–Kier alpha value is -0.830. The summed E-state index contributed by atoms with van der Waals surface area (Å²) in [5.74, 6) is 2.05. The third-order valence-electron chi connectivity index (χ3n) is 13.6. The van der Waals surface area contributed by atoms with Gasteiger partial charge < -0.3 is 10.8 Å². The molecule has 3 heteroatoms. The van der Waals surface area contributed by atoms with Crippen LogP contribution < -0.4 is 5.73 Å². The van der Waals surface area contributed by atoms with Crippen LogP contribution in [-0.2, 0) is 4.79 Å². The van der Waals surface area contributed by atoms with Crippen LogP contribution in [0, 0.1) is 56.7 Å². The van der Waals surface area contributed by atoms with Crippen LogP contribution in [0.25, 0.3) is 0 Å². The monoisotopic (exact) mass is 455 g/mol. The topological polar surface area (TPSA) is 63.3 Å². The molecule has 0 bridgehead atoms. The average molecular weight is 456 g/mol. The maximum Gasteiger partial charge on any atom is 0.309 e. The Balaban J connectivity index is 1.57. The molecule has 5 aliphatic rings. The second-order valence-corrected chi connectivity index (χ2v) is 14.6. The number of rotatable bonds is 2. The first-order valence-electron chi connectivity index (χ1n) is 13.9. The van der Waals surface area contributed by atoms with Crippen molar-refractivity contribution in [2.75, 3.05) is 0 Å². The molecule has 0 amide bonds. The van der Waals surface area contributed by atoms with Crippen molar-refractivity contribution in [3.8, 4) is 0 Å². The molecule has 186 valence electrons. The normalized spacial score (nSPS) is 55.0. The summed E-state index contributed by atoms with van der Waals surface area (Å²) in [6.45, 7) is 19.2. The molecule has 4 unspecified atom stereocenters. The van der Waals surface area contributed by atoms with Crippen molar-refractivity contribution < 1.29 is 9.90 Å². The number of aliphatic carboxylic acids is 1. The molecule has 33 heavy (non-hydrogen) atoms. The van der Waals surface area contributed by atoms with Gasteiger partial charge >= 0.3 is 5.97 Å². The number of carboxylic acids is 1. The summed E-state index contributed by atoms with van der Waals surface area (Å²) in [6, 6.07) is 0.313. The molecule has 0 aromatic carbocycles. The van der Waals surface area contributed by atoms with Crippen LogP contribution >= 0.6 is 0 Å². The van der Waals surface area contributed by atoms with E-state index in [2.05, 4.69) is 48.1 Å². The van der Waals surface area contributed by atoms with Crippen molar-refractivity contribution in [1.82, 2.24) is 0 Å². The van der Waals surface area contributed by atoms with Crippen molar-refractivity contribution >= 4 is 5.97 Å². The highest BCUT2D eigenvalue weighted by atomic mass is 16.4. The predicted octanol–water partition coefficient (Wildman–Crippen LogP) is 7.06. The van der Waals surface area contributed by atoms with Crippen LogP contribution in [0.2, 0.25) is 0 Å². The number of fused-ring (bicyclic) bond motifs is 7. The van der Waals surface area contributed by atoms with E-state index in [0.717, 1.165) is 38.0 Å². The molecule has 3 nitrogen and oxygen atoms in total. The van der Waals surface area contributed by atoms with Gasteiger partial charge in [-0.05, 0) is 122 Å². The maximum absolute atomic E-state index is 12.8. The number of hydrogen-bond donors (Lipinski definition) is 2. The van der Waals surface area contributed by atoms with Gasteiger partial charge in [0.25, 0.3) is 0 Å². The van der Waals surface area contributed by atoms with Crippen LogP contribution in [-0.4, -0.2) is 17.1 Å². The lowest BCUT2D eigenvalue weighted by molar-refractivity contribution is -0.239. The number of hydrogen-bond acceptors (Lipinski definition) is 2. The molecule has 5 saturated carbocycles. The van der Waals surface area contributed by atoms with E-state index in [0.29, 0.717) is 29.2 Å². The summed E-state index contributed by atoms with van der Waals surface area (Å²) < 4.78 is 0. The van der Waals surface area contributed by atoms with Crippen molar-refractivity contribution in [3.05, 3.63) is 12.2 Å². The SMILES string of the molecule is C=C(C)C1CC[C@]2(C(=O)O)CC[C@]3(C)[C@H](CCC4[C@@]5(C)CC[C@H](N)C(C)(C)C5CC[C@]43C)C12. The molecule has 5 rings (SSSR count). The van der Waals surface area contributed by atoms with E-state index in [4.69, 9.17) is 5.73 Å². The van der Waals surface area contributed by atoms with E-state index < -0.39 is 11.4 Å². The van der Waals surface area contributed by atoms with Crippen LogP contribution in [0.3, 0.4) is 0 Å². The third kappa shape index (κ3) is 2.75. The fraction of sp³-hybridized carbons (Fsp3) is 0.900. The van der Waals surface area contributed by atoms with Crippen molar-refractivity contribution in [2.45, 2.75) is 112 Å². The van der Waals surface area contributed by atoms with E-state index in [1.54, 1.807) is 0 Å². The molecule has 3 N–H and O–H groups in total. The van der Waals surface area contributed by atoms with E-state index in [9.17, 15) is 9.90 Å². The summed E-state index contributed by atoms with van der Waals surface area (Å²) in [6.07, 6.45) is 11.3. The lowest BCUT2D eigenvalue weighted by Gasteiger charge is -2.72. The third-order valence-corrected chi connectivity index (χ3v) is 13.6. The Morgan fingerprint density at radius 1 is 0.848 bits per heavy atom. The molecule has 0 radical (unpaired) electrons. The van der Waals surface area contributed by atoms with Gasteiger partial charge in [0.2, 0.25) is 0 Å². The minimum Gasteiger partial charge on any atom is -0.481 e. The largest absolute Gasteiger partial charge is 0.481 e. The number of nitrogens with two attached hydrogens (primary N) is 1. The fourth-order valence-corrected chi connectivity index (χ4v) is 11.5. The molecule has 0 aliphatic heterocycles. The number of carbonyl (C=O) groups is 1. The lowest BCUT2D eigenvalue weighted by atomic mass is 9.32. The molecule has 10 atom stereocenters. The van der Waals surface area contributed by atoms with Crippen LogP contribution in [0.15, 0.2) is 12.2 Å². The minimum absolute atomic E-state index is 0.202. The Morgan fingerprint density at radius 3 is 2.18 bits per heavy atom. The van der Waals surface area contributed by atoms with Gasteiger partial charge in [-0.25, -0.2) is 0 Å². The first-order chi connectivity index (χ1) is 15.3. The van der Waals surface area contributed by atoms with Gasteiger partial charge in [0.05, 0.1) is 5.41 Å². The van der Waals surface area contributed by atoms with E-state index in [-0.39, 0.29) is 22.2 Å². The fourth-order valence-electron chi connectivity index (χ4n) is 11.5. The highest BCUT2D eigenvalue weighted by Crippen LogP contribution is 2.77. The standard InChI is InChI=1S/C30H49NO2/c1-18(2)19-10-15-30(25(32)33)17-16-28(6)20(24(19)30)8-9-22-27(5)13-12-23(31)26(3,4)21(27)11-14-29(22,28)7/h19-24H,1,8-17,31H2,2-7H3,(H,32,33)/t19?,20-,21?,22?,23+,24?,27+,28-,29-,30+/m1/s1.